The molecule has 0 amide bonds. The summed E-state index contributed by atoms with van der Waals surface area (Å²) >= 11 is 0. The second kappa shape index (κ2) is 7.40. The van der Waals surface area contributed by atoms with E-state index in [9.17, 15) is 14.9 Å². The Hall–Kier alpha value is -2.89. The third-order valence-corrected chi connectivity index (χ3v) is 3.30. The van der Waals surface area contributed by atoms with E-state index in [2.05, 4.69) is 0 Å². The van der Waals surface area contributed by atoms with Gasteiger partial charge >= 0.3 is 5.97 Å². The lowest BCUT2D eigenvalue weighted by atomic mass is 10.1. The van der Waals surface area contributed by atoms with E-state index in [1.54, 1.807) is 0 Å². The van der Waals surface area contributed by atoms with Gasteiger partial charge in [0.2, 0.25) is 0 Å². The average molecular weight is 315 g/mol. The van der Waals surface area contributed by atoms with E-state index in [0.29, 0.717) is 5.75 Å². The van der Waals surface area contributed by atoms with Crippen molar-refractivity contribution in [2.24, 2.45) is 0 Å². The van der Waals surface area contributed by atoms with E-state index in [0.717, 1.165) is 16.7 Å². The maximum Gasteiger partial charge on any atom is 0.344 e. The van der Waals surface area contributed by atoms with Crippen LogP contribution in [-0.4, -0.2) is 17.5 Å². The molecule has 6 nitrogen and oxygen atoms in total. The van der Waals surface area contributed by atoms with Crippen LogP contribution in [0, 0.1) is 24.0 Å². The maximum absolute atomic E-state index is 11.7. The van der Waals surface area contributed by atoms with Crippen molar-refractivity contribution in [1.29, 1.82) is 0 Å². The Balaban J connectivity index is 1.83. The highest BCUT2D eigenvalue weighted by atomic mass is 16.6. The van der Waals surface area contributed by atoms with Crippen LogP contribution in [0.2, 0.25) is 0 Å². The lowest BCUT2D eigenvalue weighted by Crippen LogP contribution is -2.15. The molecule has 23 heavy (non-hydrogen) atoms. The van der Waals surface area contributed by atoms with Gasteiger partial charge in [0.25, 0.3) is 5.69 Å². The number of rotatable bonds is 6. The van der Waals surface area contributed by atoms with E-state index < -0.39 is 10.9 Å². The monoisotopic (exact) mass is 315 g/mol. The third kappa shape index (κ3) is 4.81. The van der Waals surface area contributed by atoms with Crippen molar-refractivity contribution in [3.63, 3.8) is 0 Å². The molecule has 0 saturated carbocycles. The van der Waals surface area contributed by atoms with Crippen LogP contribution in [0.1, 0.15) is 16.7 Å². The summed E-state index contributed by atoms with van der Waals surface area (Å²) in [4.78, 5) is 21.7. The molecule has 6 heteroatoms. The Labute approximate surface area is 133 Å². The summed E-state index contributed by atoms with van der Waals surface area (Å²) in [6, 6.07) is 11.5. The van der Waals surface area contributed by atoms with Gasteiger partial charge in [0.1, 0.15) is 12.4 Å². The number of esters is 1. The number of nitro groups is 1. The molecule has 0 unspecified atom stereocenters. The molecule has 0 spiro atoms. The Kier molecular flexibility index (Phi) is 5.30. The van der Waals surface area contributed by atoms with Gasteiger partial charge in [0.05, 0.1) is 4.92 Å². The molecule has 0 heterocycles. The second-order valence-corrected chi connectivity index (χ2v) is 5.13. The van der Waals surface area contributed by atoms with Gasteiger partial charge in [-0.1, -0.05) is 23.8 Å². The predicted molar refractivity (Wildman–Crippen MR) is 84.3 cm³/mol. The molecule has 0 fully saturated rings. The molecule has 0 aliphatic rings. The number of aryl methyl sites for hydroxylation is 2. The Morgan fingerprint density at radius 3 is 2.48 bits per heavy atom. The molecule has 0 aliphatic carbocycles. The number of nitro benzene ring substituents is 1. The SMILES string of the molecule is Cc1ccc(C)c(COC(=O)COc2ccc([N+](=O)[O-])cc2)c1. The van der Waals surface area contributed by atoms with Crippen molar-refractivity contribution >= 4 is 11.7 Å². The zero-order valence-corrected chi connectivity index (χ0v) is 12.9. The Morgan fingerprint density at radius 1 is 1.13 bits per heavy atom. The fourth-order valence-corrected chi connectivity index (χ4v) is 1.96. The molecule has 0 bridgehead atoms. The first-order chi connectivity index (χ1) is 11.0. The minimum atomic E-state index is -0.498. The molecule has 2 aromatic rings. The van der Waals surface area contributed by atoms with Crippen LogP contribution in [0.4, 0.5) is 5.69 Å². The number of ether oxygens (including phenoxy) is 2. The highest BCUT2D eigenvalue weighted by molar-refractivity contribution is 5.71. The van der Waals surface area contributed by atoms with E-state index in [4.69, 9.17) is 9.47 Å². The average Bonchev–Trinajstić information content (AvgIpc) is 2.54. The van der Waals surface area contributed by atoms with Crippen molar-refractivity contribution in [3.05, 3.63) is 69.3 Å². The van der Waals surface area contributed by atoms with E-state index in [1.165, 1.54) is 24.3 Å². The topological polar surface area (TPSA) is 78.7 Å². The Bertz CT molecular complexity index is 709. The number of nitrogens with zero attached hydrogens (tertiary/aromatic N) is 1. The minimum Gasteiger partial charge on any atom is -0.482 e. The molecule has 0 radical (unpaired) electrons. The van der Waals surface area contributed by atoms with Gasteiger partial charge in [-0.25, -0.2) is 4.79 Å². The van der Waals surface area contributed by atoms with Crippen LogP contribution in [0.15, 0.2) is 42.5 Å². The smallest absolute Gasteiger partial charge is 0.344 e. The van der Waals surface area contributed by atoms with Gasteiger partial charge in [0, 0.05) is 12.1 Å². The first-order valence-corrected chi connectivity index (χ1v) is 7.04. The van der Waals surface area contributed by atoms with Gasteiger partial charge in [-0.05, 0) is 37.1 Å². The van der Waals surface area contributed by atoms with E-state index >= 15 is 0 Å². The van der Waals surface area contributed by atoms with Gasteiger partial charge in [-0.15, -0.1) is 0 Å². The summed E-state index contributed by atoms with van der Waals surface area (Å²) in [6.45, 7) is 3.87. The Morgan fingerprint density at radius 2 is 1.83 bits per heavy atom. The van der Waals surface area contributed by atoms with E-state index in [-0.39, 0.29) is 18.9 Å². The molecular weight excluding hydrogens is 298 g/mol. The van der Waals surface area contributed by atoms with Crippen molar-refractivity contribution in [1.82, 2.24) is 0 Å². The largest absolute Gasteiger partial charge is 0.482 e. The second-order valence-electron chi connectivity index (χ2n) is 5.13. The summed E-state index contributed by atoms with van der Waals surface area (Å²) in [5.74, 6) is -0.122. The lowest BCUT2D eigenvalue weighted by Gasteiger charge is -2.09. The summed E-state index contributed by atoms with van der Waals surface area (Å²) < 4.78 is 10.4. The van der Waals surface area contributed by atoms with Crippen molar-refractivity contribution in [2.45, 2.75) is 20.5 Å². The van der Waals surface area contributed by atoms with Crippen LogP contribution in [0.3, 0.4) is 0 Å². The van der Waals surface area contributed by atoms with Crippen LogP contribution in [0.5, 0.6) is 5.75 Å². The first-order valence-electron chi connectivity index (χ1n) is 7.04. The number of benzene rings is 2. The lowest BCUT2D eigenvalue weighted by molar-refractivity contribution is -0.384. The van der Waals surface area contributed by atoms with Crippen LogP contribution in [0.25, 0.3) is 0 Å². The predicted octanol–water partition coefficient (Wildman–Crippen LogP) is 3.33. The summed E-state index contributed by atoms with van der Waals surface area (Å²) in [5.41, 5.74) is 3.08. The molecule has 120 valence electrons. The molecule has 2 rings (SSSR count). The summed E-state index contributed by atoms with van der Waals surface area (Å²) in [6.07, 6.45) is 0. The van der Waals surface area contributed by atoms with E-state index in [1.807, 2.05) is 32.0 Å². The van der Waals surface area contributed by atoms with Crippen molar-refractivity contribution in [3.8, 4) is 5.75 Å². The number of hydrogen-bond acceptors (Lipinski definition) is 5. The zero-order valence-electron chi connectivity index (χ0n) is 12.9. The molecule has 0 N–H and O–H groups in total. The molecule has 0 atom stereocenters. The van der Waals surface area contributed by atoms with Gasteiger partial charge in [0.15, 0.2) is 6.61 Å². The van der Waals surface area contributed by atoms with Crippen molar-refractivity contribution in [2.75, 3.05) is 6.61 Å². The molecular formula is C17H17NO5. The number of carbonyl (C=O) groups is 1. The van der Waals surface area contributed by atoms with Gasteiger partial charge < -0.3 is 9.47 Å². The standard InChI is InChI=1S/C17H17NO5/c1-12-3-4-13(2)14(9-12)10-23-17(19)11-22-16-7-5-15(6-8-16)18(20)21/h3-9H,10-11H2,1-2H3. The van der Waals surface area contributed by atoms with Crippen LogP contribution in [-0.2, 0) is 16.1 Å². The molecule has 0 saturated heterocycles. The fraction of sp³-hybridized carbons (Fsp3) is 0.235. The fourth-order valence-electron chi connectivity index (χ4n) is 1.96. The summed E-state index contributed by atoms with van der Waals surface area (Å²) in [7, 11) is 0. The third-order valence-electron chi connectivity index (χ3n) is 3.30. The highest BCUT2D eigenvalue weighted by Crippen LogP contribution is 2.17. The van der Waals surface area contributed by atoms with Gasteiger partial charge in [-0.3, -0.25) is 10.1 Å². The normalized spacial score (nSPS) is 10.2. The minimum absolute atomic E-state index is 0.0325. The molecule has 0 aliphatic heterocycles. The van der Waals surface area contributed by atoms with Crippen LogP contribution >= 0.6 is 0 Å². The quantitative estimate of drug-likeness (QED) is 0.464. The maximum atomic E-state index is 11.7. The summed E-state index contributed by atoms with van der Waals surface area (Å²) in [5, 5.41) is 10.5. The zero-order chi connectivity index (χ0) is 16.8. The van der Waals surface area contributed by atoms with Gasteiger partial charge in [-0.2, -0.15) is 0 Å². The van der Waals surface area contributed by atoms with Crippen LogP contribution < -0.4 is 4.74 Å². The number of carbonyl (C=O) groups excluding carboxylic acids is 1. The molecule has 0 aromatic heterocycles. The number of hydrogen-bond donors (Lipinski definition) is 0. The number of non-ortho nitro benzene ring substituents is 1. The van der Waals surface area contributed by atoms with Crippen molar-refractivity contribution < 1.29 is 19.2 Å². The highest BCUT2D eigenvalue weighted by Gasteiger charge is 2.08. The first kappa shape index (κ1) is 16.5. The molecule has 2 aromatic carbocycles.